The molecular formula is C25H30N2O4. The minimum atomic E-state index is -0.338. The van der Waals surface area contributed by atoms with Crippen molar-refractivity contribution in [2.45, 2.75) is 40.2 Å². The van der Waals surface area contributed by atoms with Crippen LogP contribution < -0.4 is 10.1 Å². The Labute approximate surface area is 183 Å². The van der Waals surface area contributed by atoms with Crippen LogP contribution in [0.3, 0.4) is 0 Å². The lowest BCUT2D eigenvalue weighted by Crippen LogP contribution is -2.34. The average molecular weight is 423 g/mol. The Morgan fingerprint density at radius 3 is 2.32 bits per heavy atom. The third-order valence-electron chi connectivity index (χ3n) is 5.01. The zero-order valence-electron chi connectivity index (χ0n) is 18.8. The van der Waals surface area contributed by atoms with Gasteiger partial charge >= 0.3 is 0 Å². The van der Waals surface area contributed by atoms with Crippen LogP contribution in [0.2, 0.25) is 0 Å². The Morgan fingerprint density at radius 2 is 1.68 bits per heavy atom. The Kier molecular flexibility index (Phi) is 7.13. The number of nitrogens with one attached hydrogen (secondary N) is 1. The number of imide groups is 1. The molecule has 2 aromatic rings. The molecule has 0 atom stereocenters. The summed E-state index contributed by atoms with van der Waals surface area (Å²) in [6.45, 7) is 8.69. The van der Waals surface area contributed by atoms with Gasteiger partial charge in [0.2, 0.25) is 0 Å². The topological polar surface area (TPSA) is 67.9 Å². The minimum absolute atomic E-state index is 0.106. The molecule has 0 spiro atoms. The van der Waals surface area contributed by atoms with Crippen molar-refractivity contribution in [1.82, 2.24) is 4.90 Å². The normalized spacial score (nSPS) is 14.1. The van der Waals surface area contributed by atoms with Gasteiger partial charge in [-0.3, -0.25) is 14.5 Å². The van der Waals surface area contributed by atoms with E-state index in [4.69, 9.17) is 9.47 Å². The third-order valence-corrected chi connectivity index (χ3v) is 5.01. The largest absolute Gasteiger partial charge is 0.496 e. The molecule has 31 heavy (non-hydrogen) atoms. The van der Waals surface area contributed by atoms with Gasteiger partial charge in [-0.15, -0.1) is 0 Å². The number of anilines is 1. The van der Waals surface area contributed by atoms with Gasteiger partial charge in [-0.1, -0.05) is 24.3 Å². The number of ether oxygens (including phenoxy) is 2. The Morgan fingerprint density at radius 1 is 1.00 bits per heavy atom. The number of rotatable bonds is 9. The molecule has 0 fully saturated rings. The van der Waals surface area contributed by atoms with Crippen LogP contribution in [0, 0.1) is 13.8 Å². The summed E-state index contributed by atoms with van der Waals surface area (Å²) in [6.07, 6.45) is 0.681. The van der Waals surface area contributed by atoms with Gasteiger partial charge in [0.15, 0.2) is 0 Å². The number of methoxy groups -OCH3 is 1. The zero-order chi connectivity index (χ0) is 22.5. The lowest BCUT2D eigenvalue weighted by molar-refractivity contribution is -0.137. The molecule has 2 amide bonds. The first-order valence-electron chi connectivity index (χ1n) is 10.5. The SMILES string of the molecule is COc1ccccc1C1=C(Nc2cc(C)cc(C)c2)C(=O)N(CCCOC(C)C)C1=O. The number of carbonyl (C=O) groups is 2. The van der Waals surface area contributed by atoms with Gasteiger partial charge in [0.05, 0.1) is 18.8 Å². The number of benzene rings is 2. The second-order valence-electron chi connectivity index (χ2n) is 7.99. The summed E-state index contributed by atoms with van der Waals surface area (Å²) in [5.41, 5.74) is 4.10. The molecule has 0 saturated heterocycles. The predicted octanol–water partition coefficient (Wildman–Crippen LogP) is 4.32. The summed E-state index contributed by atoms with van der Waals surface area (Å²) in [5, 5.41) is 3.22. The van der Waals surface area contributed by atoms with E-state index in [9.17, 15) is 9.59 Å². The zero-order valence-corrected chi connectivity index (χ0v) is 18.8. The van der Waals surface area contributed by atoms with Crippen molar-refractivity contribution in [1.29, 1.82) is 0 Å². The molecule has 1 N–H and O–H groups in total. The van der Waals surface area contributed by atoms with E-state index in [0.29, 0.717) is 36.5 Å². The molecule has 0 radical (unpaired) electrons. The molecule has 1 heterocycles. The molecule has 2 aromatic carbocycles. The summed E-state index contributed by atoms with van der Waals surface area (Å²) < 4.78 is 11.0. The van der Waals surface area contributed by atoms with E-state index < -0.39 is 0 Å². The first-order chi connectivity index (χ1) is 14.8. The predicted molar refractivity (Wildman–Crippen MR) is 122 cm³/mol. The van der Waals surface area contributed by atoms with Gasteiger partial charge < -0.3 is 14.8 Å². The van der Waals surface area contributed by atoms with Crippen LogP contribution in [-0.4, -0.2) is 43.1 Å². The molecular weight excluding hydrogens is 392 g/mol. The van der Waals surface area contributed by atoms with E-state index in [0.717, 1.165) is 16.8 Å². The van der Waals surface area contributed by atoms with E-state index in [1.807, 2.05) is 52.0 Å². The summed E-state index contributed by atoms with van der Waals surface area (Å²) >= 11 is 0. The maximum atomic E-state index is 13.4. The first-order valence-corrected chi connectivity index (χ1v) is 10.5. The number of amides is 2. The van der Waals surface area contributed by atoms with Crippen molar-refractivity contribution < 1.29 is 19.1 Å². The lowest BCUT2D eigenvalue weighted by atomic mass is 10.0. The van der Waals surface area contributed by atoms with Crippen LogP contribution >= 0.6 is 0 Å². The molecule has 0 unspecified atom stereocenters. The van der Waals surface area contributed by atoms with Crippen LogP contribution in [0.4, 0.5) is 5.69 Å². The molecule has 0 saturated carbocycles. The fourth-order valence-electron chi connectivity index (χ4n) is 3.73. The first kappa shape index (κ1) is 22.6. The minimum Gasteiger partial charge on any atom is -0.496 e. The molecule has 0 aliphatic carbocycles. The number of hydrogen-bond donors (Lipinski definition) is 1. The quantitative estimate of drug-likeness (QED) is 0.482. The van der Waals surface area contributed by atoms with E-state index in [-0.39, 0.29) is 23.6 Å². The second kappa shape index (κ2) is 9.79. The third kappa shape index (κ3) is 5.14. The fraction of sp³-hybridized carbons (Fsp3) is 0.360. The van der Waals surface area contributed by atoms with Crippen molar-refractivity contribution >= 4 is 23.1 Å². The molecule has 1 aliphatic heterocycles. The smallest absolute Gasteiger partial charge is 0.278 e. The van der Waals surface area contributed by atoms with Gasteiger partial charge in [0.1, 0.15) is 11.4 Å². The number of hydrogen-bond acceptors (Lipinski definition) is 5. The van der Waals surface area contributed by atoms with E-state index >= 15 is 0 Å². The summed E-state index contributed by atoms with van der Waals surface area (Å²) in [4.78, 5) is 28.0. The highest BCUT2D eigenvalue weighted by atomic mass is 16.5. The second-order valence-corrected chi connectivity index (χ2v) is 7.99. The van der Waals surface area contributed by atoms with Crippen LogP contribution in [0.25, 0.3) is 5.57 Å². The monoisotopic (exact) mass is 422 g/mol. The molecule has 3 rings (SSSR count). The Balaban J connectivity index is 1.98. The van der Waals surface area contributed by atoms with Crippen LogP contribution in [0.1, 0.15) is 37.0 Å². The maximum Gasteiger partial charge on any atom is 0.278 e. The van der Waals surface area contributed by atoms with Crippen LogP contribution in [0.5, 0.6) is 5.75 Å². The molecule has 6 nitrogen and oxygen atoms in total. The van der Waals surface area contributed by atoms with Gasteiger partial charge in [-0.25, -0.2) is 0 Å². The van der Waals surface area contributed by atoms with Gasteiger partial charge in [-0.05, 0) is 63.4 Å². The van der Waals surface area contributed by atoms with Crippen LogP contribution in [-0.2, 0) is 14.3 Å². The average Bonchev–Trinajstić information content (AvgIpc) is 2.94. The van der Waals surface area contributed by atoms with Gasteiger partial charge in [-0.2, -0.15) is 0 Å². The van der Waals surface area contributed by atoms with E-state index in [1.165, 1.54) is 4.90 Å². The standard InChI is InChI=1S/C25H30N2O4/c1-16(2)31-12-8-11-27-24(28)22(20-9-6-7-10-21(20)30-5)23(25(27)29)26-19-14-17(3)13-18(4)15-19/h6-7,9-10,13-16,26H,8,11-12H2,1-5H3. The molecule has 6 heteroatoms. The Bertz CT molecular complexity index is 990. The number of aryl methyl sites for hydroxylation is 2. The van der Waals surface area contributed by atoms with Crippen LogP contribution in [0.15, 0.2) is 48.2 Å². The van der Waals surface area contributed by atoms with Crippen molar-refractivity contribution in [3.63, 3.8) is 0 Å². The highest BCUT2D eigenvalue weighted by Crippen LogP contribution is 2.35. The maximum absolute atomic E-state index is 13.4. The summed E-state index contributed by atoms with van der Waals surface area (Å²) in [5.74, 6) is -0.121. The van der Waals surface area contributed by atoms with Gasteiger partial charge in [0.25, 0.3) is 11.8 Å². The van der Waals surface area contributed by atoms with Gasteiger partial charge in [0, 0.05) is 24.4 Å². The summed E-state index contributed by atoms with van der Waals surface area (Å²) in [6, 6.07) is 13.2. The van der Waals surface area contributed by atoms with Crippen molar-refractivity contribution in [3.05, 3.63) is 64.9 Å². The fourth-order valence-corrected chi connectivity index (χ4v) is 3.73. The molecule has 164 valence electrons. The van der Waals surface area contributed by atoms with Crippen molar-refractivity contribution in [2.24, 2.45) is 0 Å². The lowest BCUT2D eigenvalue weighted by Gasteiger charge is -2.16. The van der Waals surface area contributed by atoms with Crippen molar-refractivity contribution in [3.8, 4) is 5.75 Å². The number of para-hydroxylation sites is 1. The molecule has 0 aromatic heterocycles. The number of nitrogens with zero attached hydrogens (tertiary/aromatic N) is 1. The number of carbonyl (C=O) groups excluding carboxylic acids is 2. The molecule has 1 aliphatic rings. The Hall–Kier alpha value is -3.12. The molecule has 0 bridgehead atoms. The highest BCUT2D eigenvalue weighted by Gasteiger charge is 2.39. The van der Waals surface area contributed by atoms with E-state index in [2.05, 4.69) is 11.4 Å². The van der Waals surface area contributed by atoms with Crippen molar-refractivity contribution in [2.75, 3.05) is 25.6 Å². The highest BCUT2D eigenvalue weighted by molar-refractivity contribution is 6.37. The summed E-state index contributed by atoms with van der Waals surface area (Å²) in [7, 11) is 1.55. The van der Waals surface area contributed by atoms with E-state index in [1.54, 1.807) is 19.2 Å².